The van der Waals surface area contributed by atoms with Crippen LogP contribution >= 0.6 is 11.8 Å². The number of nitrogens with one attached hydrogen (secondary N) is 1. The monoisotopic (exact) mass is 558 g/mol. The van der Waals surface area contributed by atoms with E-state index in [1.54, 1.807) is 19.1 Å². The molecule has 1 aromatic heterocycles. The largest absolute Gasteiger partial charge is 0.497 e. The summed E-state index contributed by atoms with van der Waals surface area (Å²) in [6, 6.07) is 5.72. The SMILES string of the molecule is COc1ccc(OC)c(C2SCC(=O)N(CC(=O)NCC3CCCO3)c3c2c(C(C)(C)C)nn3C(C)(C)C)c1. The summed E-state index contributed by atoms with van der Waals surface area (Å²) in [5.41, 5.74) is 1.94. The van der Waals surface area contributed by atoms with Crippen molar-refractivity contribution in [3.8, 4) is 11.5 Å². The van der Waals surface area contributed by atoms with Gasteiger partial charge in [0.15, 0.2) is 0 Å². The van der Waals surface area contributed by atoms with Gasteiger partial charge in [-0.25, -0.2) is 4.68 Å². The summed E-state index contributed by atoms with van der Waals surface area (Å²) >= 11 is 1.52. The summed E-state index contributed by atoms with van der Waals surface area (Å²) in [5, 5.41) is 7.86. The van der Waals surface area contributed by atoms with Gasteiger partial charge in [-0.1, -0.05) is 20.8 Å². The summed E-state index contributed by atoms with van der Waals surface area (Å²) in [6.45, 7) is 13.6. The average Bonchev–Trinajstić information content (AvgIpc) is 3.51. The quantitative estimate of drug-likeness (QED) is 0.538. The fourth-order valence-corrected chi connectivity index (χ4v) is 6.28. The zero-order chi connectivity index (χ0) is 28.5. The molecule has 0 spiro atoms. The molecule has 214 valence electrons. The van der Waals surface area contributed by atoms with Crippen LogP contribution < -0.4 is 19.7 Å². The third-order valence-electron chi connectivity index (χ3n) is 7.01. The van der Waals surface area contributed by atoms with Gasteiger partial charge in [-0.05, 0) is 51.8 Å². The van der Waals surface area contributed by atoms with E-state index in [1.807, 2.05) is 22.9 Å². The molecule has 2 aliphatic rings. The lowest BCUT2D eigenvalue weighted by molar-refractivity contribution is -0.123. The Labute approximate surface area is 235 Å². The van der Waals surface area contributed by atoms with Crippen LogP contribution in [-0.2, 0) is 25.3 Å². The molecular formula is C29H42N4O5S. The van der Waals surface area contributed by atoms with E-state index in [-0.39, 0.29) is 40.9 Å². The van der Waals surface area contributed by atoms with Crippen LogP contribution in [0.25, 0.3) is 0 Å². The first-order chi connectivity index (χ1) is 18.3. The minimum absolute atomic E-state index is 0.0254. The van der Waals surface area contributed by atoms with Gasteiger partial charge in [0.05, 0.1) is 42.6 Å². The Morgan fingerprint density at radius 3 is 2.51 bits per heavy atom. The first-order valence-electron chi connectivity index (χ1n) is 13.5. The lowest BCUT2D eigenvalue weighted by Gasteiger charge is -2.29. The van der Waals surface area contributed by atoms with Crippen LogP contribution in [-0.4, -0.2) is 67.4 Å². The molecule has 0 bridgehead atoms. The third kappa shape index (κ3) is 6.22. The van der Waals surface area contributed by atoms with Gasteiger partial charge in [-0.3, -0.25) is 14.5 Å². The predicted octanol–water partition coefficient (Wildman–Crippen LogP) is 4.42. The van der Waals surface area contributed by atoms with E-state index in [0.29, 0.717) is 23.9 Å². The second-order valence-corrected chi connectivity index (χ2v) is 13.2. The molecule has 4 rings (SSSR count). The number of carbonyl (C=O) groups excluding carboxylic acids is 2. The molecule has 39 heavy (non-hydrogen) atoms. The number of methoxy groups -OCH3 is 2. The number of fused-ring (bicyclic) bond motifs is 1. The molecule has 1 saturated heterocycles. The highest BCUT2D eigenvalue weighted by Crippen LogP contribution is 2.51. The van der Waals surface area contributed by atoms with Crippen molar-refractivity contribution in [2.24, 2.45) is 0 Å². The first kappa shape index (κ1) is 29.3. The number of hydrogen-bond acceptors (Lipinski definition) is 7. The van der Waals surface area contributed by atoms with Crippen molar-refractivity contribution in [1.29, 1.82) is 0 Å². The molecule has 1 aromatic carbocycles. The Morgan fingerprint density at radius 1 is 1.18 bits per heavy atom. The molecule has 2 aromatic rings. The Hall–Kier alpha value is -2.72. The summed E-state index contributed by atoms with van der Waals surface area (Å²) < 4.78 is 18.9. The highest BCUT2D eigenvalue weighted by molar-refractivity contribution is 8.00. The molecule has 2 unspecified atom stereocenters. The second-order valence-electron chi connectivity index (χ2n) is 12.1. The fourth-order valence-electron chi connectivity index (χ4n) is 5.06. The molecule has 2 amide bonds. The van der Waals surface area contributed by atoms with Gasteiger partial charge in [0.1, 0.15) is 23.9 Å². The molecule has 0 aliphatic carbocycles. The lowest BCUT2D eigenvalue weighted by Crippen LogP contribution is -2.45. The predicted molar refractivity (Wildman–Crippen MR) is 154 cm³/mol. The first-order valence-corrected chi connectivity index (χ1v) is 14.6. The van der Waals surface area contributed by atoms with Crippen molar-refractivity contribution < 1.29 is 23.8 Å². The normalized spacial score (nSPS) is 20.0. The third-order valence-corrected chi connectivity index (χ3v) is 8.24. The van der Waals surface area contributed by atoms with E-state index >= 15 is 0 Å². The molecule has 2 aliphatic heterocycles. The van der Waals surface area contributed by atoms with E-state index in [9.17, 15) is 9.59 Å². The smallest absolute Gasteiger partial charge is 0.240 e. The maximum atomic E-state index is 13.8. The number of carbonyl (C=O) groups is 2. The molecule has 10 heteroatoms. The molecule has 9 nitrogen and oxygen atoms in total. The van der Waals surface area contributed by atoms with Crippen molar-refractivity contribution in [3.05, 3.63) is 35.0 Å². The van der Waals surface area contributed by atoms with Crippen LogP contribution in [0.2, 0.25) is 0 Å². The highest BCUT2D eigenvalue weighted by atomic mass is 32.2. The number of rotatable bonds is 7. The second kappa shape index (κ2) is 11.4. The van der Waals surface area contributed by atoms with Crippen LogP contribution in [0.4, 0.5) is 5.82 Å². The number of ether oxygens (including phenoxy) is 3. The van der Waals surface area contributed by atoms with Gasteiger partial charge in [0.2, 0.25) is 11.8 Å². The standard InChI is InChI=1S/C29H42N4O5S/c1-28(2,3)26-24-25(20-14-18(36-7)11-12-21(20)37-8)39-17-23(35)32(27(24)33(31-26)29(4,5)6)16-22(34)30-15-19-10-9-13-38-19/h11-12,14,19,25H,9-10,13,15-17H2,1-8H3,(H,30,34). The van der Waals surface area contributed by atoms with Gasteiger partial charge in [0.25, 0.3) is 0 Å². The Balaban J connectivity index is 1.87. The number of anilines is 1. The number of amides is 2. The van der Waals surface area contributed by atoms with Crippen molar-refractivity contribution in [2.45, 2.75) is 76.7 Å². The Kier molecular flexibility index (Phi) is 8.56. The van der Waals surface area contributed by atoms with Gasteiger partial charge in [-0.15, -0.1) is 11.8 Å². The number of aromatic nitrogens is 2. The fraction of sp³-hybridized carbons (Fsp3) is 0.621. The van der Waals surface area contributed by atoms with Crippen LogP contribution in [0.5, 0.6) is 11.5 Å². The molecule has 0 saturated carbocycles. The highest BCUT2D eigenvalue weighted by Gasteiger charge is 2.42. The Morgan fingerprint density at radius 2 is 1.92 bits per heavy atom. The van der Waals surface area contributed by atoms with Crippen LogP contribution in [0.15, 0.2) is 18.2 Å². The van der Waals surface area contributed by atoms with Crippen LogP contribution in [0.1, 0.15) is 76.5 Å². The summed E-state index contributed by atoms with van der Waals surface area (Å²) in [7, 11) is 3.28. The van der Waals surface area contributed by atoms with Gasteiger partial charge >= 0.3 is 0 Å². The molecule has 0 radical (unpaired) electrons. The average molecular weight is 559 g/mol. The maximum Gasteiger partial charge on any atom is 0.240 e. The minimum atomic E-state index is -0.446. The van der Waals surface area contributed by atoms with E-state index in [2.05, 4.69) is 46.9 Å². The van der Waals surface area contributed by atoms with E-state index < -0.39 is 5.54 Å². The molecule has 1 N–H and O–H groups in total. The van der Waals surface area contributed by atoms with Gasteiger partial charge in [-0.2, -0.15) is 5.10 Å². The van der Waals surface area contributed by atoms with E-state index in [0.717, 1.165) is 36.3 Å². The van der Waals surface area contributed by atoms with Gasteiger partial charge < -0.3 is 19.5 Å². The van der Waals surface area contributed by atoms with Crippen molar-refractivity contribution in [1.82, 2.24) is 15.1 Å². The number of thioether (sulfide) groups is 1. The zero-order valence-electron chi connectivity index (χ0n) is 24.4. The van der Waals surface area contributed by atoms with Crippen molar-refractivity contribution in [2.75, 3.05) is 44.6 Å². The van der Waals surface area contributed by atoms with E-state index in [1.165, 1.54) is 11.8 Å². The van der Waals surface area contributed by atoms with Crippen LogP contribution in [0.3, 0.4) is 0 Å². The van der Waals surface area contributed by atoms with Crippen molar-refractivity contribution in [3.63, 3.8) is 0 Å². The zero-order valence-corrected chi connectivity index (χ0v) is 25.2. The molecule has 1 fully saturated rings. The molecule has 2 atom stereocenters. The van der Waals surface area contributed by atoms with Gasteiger partial charge in [0, 0.05) is 29.7 Å². The minimum Gasteiger partial charge on any atom is -0.497 e. The topological polar surface area (TPSA) is 94.9 Å². The van der Waals surface area contributed by atoms with Crippen LogP contribution in [0, 0.1) is 0 Å². The number of nitrogens with zero attached hydrogens (tertiary/aromatic N) is 3. The van der Waals surface area contributed by atoms with E-state index in [4.69, 9.17) is 19.3 Å². The lowest BCUT2D eigenvalue weighted by atomic mass is 9.87. The number of hydrogen-bond donors (Lipinski definition) is 1. The summed E-state index contributed by atoms with van der Waals surface area (Å²) in [5.74, 6) is 1.92. The maximum absolute atomic E-state index is 13.8. The Bertz CT molecular complexity index is 1210. The molecular weight excluding hydrogens is 516 g/mol. The van der Waals surface area contributed by atoms with Crippen molar-refractivity contribution >= 4 is 29.4 Å². The number of benzene rings is 1. The molecule has 3 heterocycles. The summed E-state index contributed by atoms with van der Waals surface area (Å²) in [4.78, 5) is 28.6. The summed E-state index contributed by atoms with van der Waals surface area (Å²) in [6.07, 6.45) is 1.96.